The molecule has 2 heterocycles. The molecule has 1 atom stereocenters. The summed E-state index contributed by atoms with van der Waals surface area (Å²) in [6, 6.07) is 7.66. The van der Waals surface area contributed by atoms with E-state index in [0.717, 1.165) is 29.8 Å². The van der Waals surface area contributed by atoms with E-state index in [1.54, 1.807) is 18.1 Å². The molecule has 0 spiro atoms. The summed E-state index contributed by atoms with van der Waals surface area (Å²) in [4.78, 5) is 14.3. The molecule has 2 aromatic rings. The third-order valence-electron chi connectivity index (χ3n) is 4.52. The summed E-state index contributed by atoms with van der Waals surface area (Å²) >= 11 is 0. The highest BCUT2D eigenvalue weighted by Gasteiger charge is 2.28. The average Bonchev–Trinajstić information content (AvgIpc) is 3.24. The van der Waals surface area contributed by atoms with E-state index in [9.17, 15) is 4.79 Å². The molecule has 0 aliphatic carbocycles. The van der Waals surface area contributed by atoms with Crippen molar-refractivity contribution in [1.82, 2.24) is 10.1 Å². The van der Waals surface area contributed by atoms with Crippen LogP contribution in [0.4, 0.5) is 0 Å². The van der Waals surface area contributed by atoms with Crippen LogP contribution in [0.1, 0.15) is 33.8 Å². The van der Waals surface area contributed by atoms with Crippen LogP contribution in [-0.2, 0) is 11.3 Å². The van der Waals surface area contributed by atoms with Crippen molar-refractivity contribution in [3.05, 3.63) is 46.8 Å². The van der Waals surface area contributed by atoms with E-state index in [1.165, 1.54) is 0 Å². The molecule has 1 aromatic heterocycles. The number of para-hydroxylation sites is 1. The van der Waals surface area contributed by atoms with Gasteiger partial charge in [-0.1, -0.05) is 23.4 Å². The molecular weight excluding hydrogens is 320 g/mol. The topological polar surface area (TPSA) is 64.8 Å². The number of likely N-dealkylation sites (tertiary alicyclic amines) is 1. The highest BCUT2D eigenvalue weighted by atomic mass is 16.5. The van der Waals surface area contributed by atoms with Gasteiger partial charge in [-0.15, -0.1) is 0 Å². The maximum absolute atomic E-state index is 12.5. The van der Waals surface area contributed by atoms with Gasteiger partial charge in [-0.05, 0) is 31.4 Å². The third-order valence-corrected chi connectivity index (χ3v) is 4.52. The second-order valence-corrected chi connectivity index (χ2v) is 6.55. The number of benzene rings is 1. The standard InChI is InChI=1S/C19H24N2O4/c1-13-5-4-6-14(2)18(13)24-12-16-9-17(20-25-16)19(22)21-8-7-15(10-21)11-23-3/h4-6,9,15H,7-8,10-12H2,1-3H3/t15-/m1/s1. The number of hydrogen-bond donors (Lipinski definition) is 0. The number of carbonyl (C=O) groups is 1. The summed E-state index contributed by atoms with van der Waals surface area (Å²) in [5.74, 6) is 1.68. The van der Waals surface area contributed by atoms with E-state index in [1.807, 2.05) is 32.0 Å². The zero-order chi connectivity index (χ0) is 17.8. The van der Waals surface area contributed by atoms with E-state index in [2.05, 4.69) is 5.16 Å². The highest BCUT2D eigenvalue weighted by Crippen LogP contribution is 2.24. The van der Waals surface area contributed by atoms with Crippen LogP contribution in [0.5, 0.6) is 5.75 Å². The van der Waals surface area contributed by atoms with Gasteiger partial charge in [0, 0.05) is 32.2 Å². The molecule has 134 valence electrons. The van der Waals surface area contributed by atoms with Crippen molar-refractivity contribution >= 4 is 5.91 Å². The number of carbonyl (C=O) groups excluding carboxylic acids is 1. The number of amides is 1. The van der Waals surface area contributed by atoms with Gasteiger partial charge in [-0.2, -0.15) is 0 Å². The molecule has 0 unspecified atom stereocenters. The summed E-state index contributed by atoms with van der Waals surface area (Å²) in [6.07, 6.45) is 0.958. The Labute approximate surface area is 147 Å². The normalized spacial score (nSPS) is 17.1. The van der Waals surface area contributed by atoms with E-state index in [-0.39, 0.29) is 12.5 Å². The van der Waals surface area contributed by atoms with Gasteiger partial charge in [0.2, 0.25) is 0 Å². The first-order valence-corrected chi connectivity index (χ1v) is 8.51. The number of nitrogens with zero attached hydrogens (tertiary/aromatic N) is 2. The van der Waals surface area contributed by atoms with Gasteiger partial charge in [0.25, 0.3) is 5.91 Å². The summed E-state index contributed by atoms with van der Waals surface area (Å²) in [5, 5.41) is 3.91. The predicted octanol–water partition coefficient (Wildman–Crippen LogP) is 2.98. The summed E-state index contributed by atoms with van der Waals surface area (Å²) < 4.78 is 16.3. The number of aromatic nitrogens is 1. The molecule has 25 heavy (non-hydrogen) atoms. The summed E-state index contributed by atoms with van der Waals surface area (Å²) in [7, 11) is 1.69. The van der Waals surface area contributed by atoms with Crippen LogP contribution in [0.25, 0.3) is 0 Å². The smallest absolute Gasteiger partial charge is 0.276 e. The Kier molecular flexibility index (Phi) is 5.38. The fraction of sp³-hybridized carbons (Fsp3) is 0.474. The Hall–Kier alpha value is -2.34. The Bertz CT molecular complexity index is 721. The van der Waals surface area contributed by atoms with Crippen LogP contribution in [0, 0.1) is 19.8 Å². The fourth-order valence-electron chi connectivity index (χ4n) is 3.20. The monoisotopic (exact) mass is 344 g/mol. The molecule has 0 saturated carbocycles. The Balaban J connectivity index is 1.60. The predicted molar refractivity (Wildman–Crippen MR) is 92.6 cm³/mol. The molecule has 3 rings (SSSR count). The molecule has 0 N–H and O–H groups in total. The van der Waals surface area contributed by atoms with Crippen LogP contribution in [0.3, 0.4) is 0 Å². The second kappa shape index (κ2) is 7.70. The van der Waals surface area contributed by atoms with Crippen LogP contribution in [0.2, 0.25) is 0 Å². The molecule has 1 amide bonds. The lowest BCUT2D eigenvalue weighted by molar-refractivity contribution is 0.0765. The number of ether oxygens (including phenoxy) is 2. The lowest BCUT2D eigenvalue weighted by Crippen LogP contribution is -2.29. The Morgan fingerprint density at radius 2 is 2.12 bits per heavy atom. The van der Waals surface area contributed by atoms with Gasteiger partial charge in [0.1, 0.15) is 12.4 Å². The molecular formula is C19H24N2O4. The number of methoxy groups -OCH3 is 1. The molecule has 0 radical (unpaired) electrons. The first-order chi connectivity index (χ1) is 12.1. The lowest BCUT2D eigenvalue weighted by atomic mass is 10.1. The van der Waals surface area contributed by atoms with Crippen molar-refractivity contribution in [2.75, 3.05) is 26.8 Å². The van der Waals surface area contributed by atoms with E-state index in [4.69, 9.17) is 14.0 Å². The lowest BCUT2D eigenvalue weighted by Gasteiger charge is -2.14. The van der Waals surface area contributed by atoms with Gasteiger partial charge in [0.05, 0.1) is 6.61 Å². The van der Waals surface area contributed by atoms with Crippen molar-refractivity contribution in [3.8, 4) is 5.75 Å². The van der Waals surface area contributed by atoms with Crippen molar-refractivity contribution in [1.29, 1.82) is 0 Å². The quantitative estimate of drug-likeness (QED) is 0.806. The van der Waals surface area contributed by atoms with Gasteiger partial charge >= 0.3 is 0 Å². The van der Waals surface area contributed by atoms with Crippen molar-refractivity contribution in [2.45, 2.75) is 26.9 Å². The zero-order valence-corrected chi connectivity index (χ0v) is 14.9. The molecule has 1 aromatic carbocycles. The largest absolute Gasteiger partial charge is 0.485 e. The minimum absolute atomic E-state index is 0.0966. The summed E-state index contributed by atoms with van der Waals surface area (Å²) in [6.45, 7) is 6.36. The van der Waals surface area contributed by atoms with Crippen LogP contribution < -0.4 is 4.74 Å². The van der Waals surface area contributed by atoms with Gasteiger partial charge in [0.15, 0.2) is 11.5 Å². The maximum atomic E-state index is 12.5. The van der Waals surface area contributed by atoms with Crippen molar-refractivity contribution < 1.29 is 18.8 Å². The van der Waals surface area contributed by atoms with Crippen molar-refractivity contribution in [2.24, 2.45) is 5.92 Å². The second-order valence-electron chi connectivity index (χ2n) is 6.55. The number of rotatable bonds is 6. The molecule has 6 heteroatoms. The molecule has 1 fully saturated rings. The zero-order valence-electron chi connectivity index (χ0n) is 14.9. The van der Waals surface area contributed by atoms with Gasteiger partial charge < -0.3 is 18.9 Å². The SMILES string of the molecule is COC[C@@H]1CCN(C(=O)c2cc(COc3c(C)cccc3C)on2)C1. The Morgan fingerprint density at radius 3 is 2.84 bits per heavy atom. The molecule has 1 saturated heterocycles. The van der Waals surface area contributed by atoms with E-state index >= 15 is 0 Å². The van der Waals surface area contributed by atoms with Crippen molar-refractivity contribution in [3.63, 3.8) is 0 Å². The summed E-state index contributed by atoms with van der Waals surface area (Å²) in [5.41, 5.74) is 2.47. The van der Waals surface area contributed by atoms with Gasteiger partial charge in [-0.25, -0.2) is 0 Å². The number of hydrogen-bond acceptors (Lipinski definition) is 5. The third kappa shape index (κ3) is 4.02. The van der Waals surface area contributed by atoms with Crippen LogP contribution in [0.15, 0.2) is 28.8 Å². The number of aryl methyl sites for hydroxylation is 2. The van der Waals surface area contributed by atoms with E-state index in [0.29, 0.717) is 30.5 Å². The Morgan fingerprint density at radius 1 is 1.36 bits per heavy atom. The molecule has 1 aliphatic heterocycles. The van der Waals surface area contributed by atoms with Crippen LogP contribution >= 0.6 is 0 Å². The average molecular weight is 344 g/mol. The minimum Gasteiger partial charge on any atom is -0.485 e. The molecule has 0 bridgehead atoms. The molecule has 1 aliphatic rings. The maximum Gasteiger partial charge on any atom is 0.276 e. The minimum atomic E-state index is -0.0966. The van der Waals surface area contributed by atoms with E-state index < -0.39 is 0 Å². The first kappa shape index (κ1) is 17.5. The van der Waals surface area contributed by atoms with Gasteiger partial charge in [-0.3, -0.25) is 4.79 Å². The fourth-order valence-corrected chi connectivity index (χ4v) is 3.20. The molecule has 6 nitrogen and oxygen atoms in total. The van der Waals surface area contributed by atoms with Crippen LogP contribution in [-0.4, -0.2) is 42.8 Å². The highest BCUT2D eigenvalue weighted by molar-refractivity contribution is 5.92. The first-order valence-electron chi connectivity index (χ1n) is 8.51.